The highest BCUT2D eigenvalue weighted by Crippen LogP contribution is 2.24. The molecular weight excluding hydrogens is 507 g/mol. The Kier molecular flexibility index (Phi) is 10.1. The van der Waals surface area contributed by atoms with E-state index < -0.39 is 0 Å². The van der Waals surface area contributed by atoms with Crippen LogP contribution in [0.15, 0.2) is 60.1 Å². The van der Waals surface area contributed by atoms with Crippen molar-refractivity contribution in [2.24, 2.45) is 4.99 Å². The minimum absolute atomic E-state index is 0. The fourth-order valence-electron chi connectivity index (χ4n) is 3.02. The van der Waals surface area contributed by atoms with Crippen molar-refractivity contribution in [2.75, 3.05) is 20.8 Å². The molecule has 2 aromatic carbocycles. The van der Waals surface area contributed by atoms with Gasteiger partial charge in [0.05, 0.1) is 27.3 Å². The molecule has 0 radical (unpaired) electrons. The Morgan fingerprint density at radius 2 is 1.90 bits per heavy atom. The summed E-state index contributed by atoms with van der Waals surface area (Å²) in [6.45, 7) is 4.67. The Balaban J connectivity index is 0.00000341. The molecule has 0 spiro atoms. The Morgan fingerprint density at radius 3 is 2.61 bits per heavy atom. The summed E-state index contributed by atoms with van der Waals surface area (Å²) >= 11 is 0. The summed E-state index contributed by atoms with van der Waals surface area (Å²) in [5.74, 6) is 2.29. The number of nitrogens with zero attached hydrogens (tertiary/aromatic N) is 4. The molecule has 0 amide bonds. The Morgan fingerprint density at radius 1 is 1.06 bits per heavy atom. The molecule has 0 saturated carbocycles. The topological polar surface area (TPSA) is 85.6 Å². The molecule has 1 heterocycles. The molecule has 9 heteroatoms. The van der Waals surface area contributed by atoms with Gasteiger partial charge >= 0.3 is 0 Å². The van der Waals surface area contributed by atoms with Crippen LogP contribution in [0.5, 0.6) is 11.5 Å². The summed E-state index contributed by atoms with van der Waals surface area (Å²) < 4.78 is 12.5. The number of halogens is 1. The van der Waals surface area contributed by atoms with Gasteiger partial charge in [0.15, 0.2) is 5.96 Å². The number of benzene rings is 2. The number of hydrogen-bond donors (Lipinski definition) is 2. The van der Waals surface area contributed by atoms with Crippen molar-refractivity contribution < 1.29 is 9.47 Å². The molecule has 0 aliphatic rings. The van der Waals surface area contributed by atoms with E-state index >= 15 is 0 Å². The van der Waals surface area contributed by atoms with Gasteiger partial charge in [0, 0.05) is 24.7 Å². The molecule has 0 aliphatic heterocycles. The smallest absolute Gasteiger partial charge is 0.191 e. The number of aliphatic imine (C=N–C) groups is 1. The van der Waals surface area contributed by atoms with E-state index in [2.05, 4.69) is 38.9 Å². The minimum atomic E-state index is 0. The van der Waals surface area contributed by atoms with Crippen LogP contribution in [0.2, 0.25) is 0 Å². The summed E-state index contributed by atoms with van der Waals surface area (Å²) in [6, 6.07) is 14.1. The van der Waals surface area contributed by atoms with Gasteiger partial charge in [0.2, 0.25) is 0 Å². The monoisotopic (exact) mass is 536 g/mol. The van der Waals surface area contributed by atoms with Crippen molar-refractivity contribution >= 4 is 29.9 Å². The van der Waals surface area contributed by atoms with E-state index in [0.717, 1.165) is 40.7 Å². The molecule has 0 atom stereocenters. The van der Waals surface area contributed by atoms with E-state index in [9.17, 15) is 0 Å². The molecule has 0 unspecified atom stereocenters. The van der Waals surface area contributed by atoms with Gasteiger partial charge < -0.3 is 20.1 Å². The second-order valence-electron chi connectivity index (χ2n) is 6.64. The van der Waals surface area contributed by atoms with Gasteiger partial charge in [-0.05, 0) is 30.2 Å². The van der Waals surface area contributed by atoms with E-state index in [1.165, 1.54) is 0 Å². The summed E-state index contributed by atoms with van der Waals surface area (Å²) in [6.07, 6.45) is 3.26. The number of rotatable bonds is 9. The molecule has 0 bridgehead atoms. The molecule has 0 fully saturated rings. The van der Waals surface area contributed by atoms with E-state index in [0.29, 0.717) is 19.6 Å². The van der Waals surface area contributed by atoms with Gasteiger partial charge in [-0.15, -0.1) is 24.0 Å². The number of ether oxygens (including phenoxy) is 2. The lowest BCUT2D eigenvalue weighted by molar-refractivity contribution is 0.390. The first-order valence-corrected chi connectivity index (χ1v) is 9.85. The number of methoxy groups -OCH3 is 2. The van der Waals surface area contributed by atoms with Gasteiger partial charge in [-0.2, -0.15) is 5.10 Å². The Hall–Kier alpha value is -2.82. The largest absolute Gasteiger partial charge is 0.497 e. The van der Waals surface area contributed by atoms with E-state index in [4.69, 9.17) is 14.5 Å². The lowest BCUT2D eigenvalue weighted by atomic mass is 10.1. The van der Waals surface area contributed by atoms with Crippen molar-refractivity contribution in [3.05, 3.63) is 71.8 Å². The van der Waals surface area contributed by atoms with Crippen LogP contribution in [0.1, 0.15) is 23.6 Å². The second-order valence-corrected chi connectivity index (χ2v) is 6.64. The lowest BCUT2D eigenvalue weighted by Gasteiger charge is -2.14. The molecular formula is C22H29IN6O2. The van der Waals surface area contributed by atoms with Gasteiger partial charge in [0.1, 0.15) is 24.2 Å². The molecule has 1 aromatic heterocycles. The second kappa shape index (κ2) is 12.8. The molecule has 8 nitrogen and oxygen atoms in total. The van der Waals surface area contributed by atoms with Gasteiger partial charge in [0.25, 0.3) is 0 Å². The van der Waals surface area contributed by atoms with Gasteiger partial charge in [-0.25, -0.2) is 14.7 Å². The molecule has 3 aromatic rings. The molecule has 0 saturated heterocycles. The highest BCUT2D eigenvalue weighted by molar-refractivity contribution is 14.0. The van der Waals surface area contributed by atoms with Crippen LogP contribution in [0.25, 0.3) is 0 Å². The lowest BCUT2D eigenvalue weighted by Crippen LogP contribution is -2.36. The Bertz CT molecular complexity index is 962. The zero-order chi connectivity index (χ0) is 21.2. The summed E-state index contributed by atoms with van der Waals surface area (Å²) in [5, 5.41) is 10.8. The average Bonchev–Trinajstić information content (AvgIpc) is 3.29. The number of guanidine groups is 1. The average molecular weight is 536 g/mol. The zero-order valence-electron chi connectivity index (χ0n) is 18.0. The van der Waals surface area contributed by atoms with Crippen molar-refractivity contribution in [1.82, 2.24) is 25.4 Å². The third kappa shape index (κ3) is 7.42. The third-order valence-electron chi connectivity index (χ3n) is 4.51. The molecule has 0 aliphatic carbocycles. The molecule has 31 heavy (non-hydrogen) atoms. The van der Waals surface area contributed by atoms with E-state index in [1.54, 1.807) is 31.6 Å². The standard InChI is InChI=1S/C22H28N6O2.HI/c1-4-24-22(26-13-19-8-9-20(29-2)11-21(19)30-3)25-12-17-6-5-7-18(10-17)14-28-16-23-15-27-28;/h5-11,15-16H,4,12-14H2,1-3H3,(H2,24,25,26);1H. The molecule has 166 valence electrons. The maximum Gasteiger partial charge on any atom is 0.191 e. The van der Waals surface area contributed by atoms with E-state index in [1.807, 2.05) is 31.2 Å². The first-order chi connectivity index (χ1) is 14.7. The number of aromatic nitrogens is 3. The van der Waals surface area contributed by atoms with Crippen LogP contribution < -0.4 is 20.1 Å². The van der Waals surface area contributed by atoms with Crippen LogP contribution in [0.3, 0.4) is 0 Å². The fourth-order valence-corrected chi connectivity index (χ4v) is 3.02. The van der Waals surface area contributed by atoms with Crippen molar-refractivity contribution in [1.29, 1.82) is 0 Å². The Labute approximate surface area is 200 Å². The van der Waals surface area contributed by atoms with Gasteiger partial charge in [-0.3, -0.25) is 0 Å². The van der Waals surface area contributed by atoms with Crippen LogP contribution >= 0.6 is 24.0 Å². The number of hydrogen-bond acceptors (Lipinski definition) is 5. The van der Waals surface area contributed by atoms with Crippen molar-refractivity contribution in [3.8, 4) is 11.5 Å². The van der Waals surface area contributed by atoms with Crippen molar-refractivity contribution in [2.45, 2.75) is 26.6 Å². The first-order valence-electron chi connectivity index (χ1n) is 9.85. The normalized spacial score (nSPS) is 10.9. The predicted molar refractivity (Wildman–Crippen MR) is 132 cm³/mol. The maximum atomic E-state index is 5.47. The number of nitrogens with one attached hydrogen (secondary N) is 2. The van der Waals surface area contributed by atoms with Crippen molar-refractivity contribution in [3.63, 3.8) is 0 Å². The van der Waals surface area contributed by atoms with Crippen LogP contribution in [0, 0.1) is 0 Å². The summed E-state index contributed by atoms with van der Waals surface area (Å²) in [5.41, 5.74) is 3.32. The third-order valence-corrected chi connectivity index (χ3v) is 4.51. The summed E-state index contributed by atoms with van der Waals surface area (Å²) in [4.78, 5) is 8.71. The fraction of sp³-hybridized carbons (Fsp3) is 0.318. The first kappa shape index (κ1) is 24.4. The molecule has 2 N–H and O–H groups in total. The highest BCUT2D eigenvalue weighted by Gasteiger charge is 2.06. The zero-order valence-corrected chi connectivity index (χ0v) is 20.4. The predicted octanol–water partition coefficient (Wildman–Crippen LogP) is 3.22. The minimum Gasteiger partial charge on any atom is -0.497 e. The van der Waals surface area contributed by atoms with Gasteiger partial charge in [-0.1, -0.05) is 24.3 Å². The highest BCUT2D eigenvalue weighted by atomic mass is 127. The summed E-state index contributed by atoms with van der Waals surface area (Å²) in [7, 11) is 3.30. The SMILES string of the molecule is CCNC(=NCc1cccc(Cn2cncn2)c1)NCc1ccc(OC)cc1OC.I. The van der Waals surface area contributed by atoms with Crippen LogP contribution in [-0.4, -0.2) is 41.5 Å². The maximum absolute atomic E-state index is 5.47. The quantitative estimate of drug-likeness (QED) is 0.248. The molecule has 3 rings (SSSR count). The van der Waals surface area contributed by atoms with Crippen LogP contribution in [-0.2, 0) is 19.6 Å². The van der Waals surface area contributed by atoms with E-state index in [-0.39, 0.29) is 24.0 Å². The van der Waals surface area contributed by atoms with Crippen LogP contribution in [0.4, 0.5) is 0 Å².